The summed E-state index contributed by atoms with van der Waals surface area (Å²) in [7, 11) is -4.10. The predicted octanol–water partition coefficient (Wildman–Crippen LogP) is 6.02. The van der Waals surface area contributed by atoms with Crippen LogP contribution < -0.4 is 0 Å². The van der Waals surface area contributed by atoms with E-state index in [1.165, 1.54) is 70.3 Å². The van der Waals surface area contributed by atoms with Gasteiger partial charge in [-0.05, 0) is 24.5 Å². The average Bonchev–Trinajstić information content (AvgIpc) is 2.55. The average molecular weight is 381 g/mol. The van der Waals surface area contributed by atoms with Gasteiger partial charge in [0.2, 0.25) is 0 Å². The molecule has 0 aliphatic rings. The predicted molar refractivity (Wildman–Crippen MR) is 109 cm³/mol. The smallest absolute Gasteiger partial charge is 1.00 e. The molecule has 25 heavy (non-hydrogen) atoms. The van der Waals surface area contributed by atoms with Crippen molar-refractivity contribution < 1.29 is 15.8 Å². The van der Waals surface area contributed by atoms with Crippen molar-refractivity contribution in [3.63, 3.8) is 0 Å². The second-order valence-corrected chi connectivity index (χ2v) is 8.11. The molecule has 0 saturated carbocycles. The van der Waals surface area contributed by atoms with Crippen molar-refractivity contribution in [2.24, 2.45) is 0 Å². The first-order valence-corrected chi connectivity index (χ1v) is 11.0. The molecule has 0 saturated heterocycles. The van der Waals surface area contributed by atoms with Crippen LogP contribution in [0.3, 0.4) is 0 Å². The molecule has 0 aliphatic heterocycles. The van der Waals surface area contributed by atoms with E-state index >= 15 is 0 Å². The summed E-state index contributed by atoms with van der Waals surface area (Å²) >= 11 is 0. The van der Waals surface area contributed by atoms with Gasteiger partial charge in [-0.3, -0.25) is 4.55 Å². The molecule has 3 nitrogen and oxygen atoms in total. The first-order chi connectivity index (χ1) is 11.6. The number of rotatable bonds is 14. The minimum atomic E-state index is -4.10. The number of unbranched alkanes of at least 4 members (excludes halogenated alkanes) is 11. The van der Waals surface area contributed by atoms with E-state index in [0.29, 0.717) is 6.42 Å². The van der Waals surface area contributed by atoms with Crippen molar-refractivity contribution in [1.29, 1.82) is 0 Å². The Hall–Kier alpha value is -0.104. The van der Waals surface area contributed by atoms with Crippen LogP contribution in [0.1, 0.15) is 92.4 Å². The van der Waals surface area contributed by atoms with Crippen LogP contribution >= 0.6 is 0 Å². The molecular formula is C20H36MgO3S. The Morgan fingerprint density at radius 1 is 0.800 bits per heavy atom. The first kappa shape index (κ1) is 24.9. The Morgan fingerprint density at radius 2 is 1.24 bits per heavy atom. The van der Waals surface area contributed by atoms with Gasteiger partial charge in [0.15, 0.2) is 0 Å². The third-order valence-electron chi connectivity index (χ3n) is 4.55. The van der Waals surface area contributed by atoms with Crippen LogP contribution in [0.25, 0.3) is 0 Å². The van der Waals surface area contributed by atoms with Gasteiger partial charge in [0.1, 0.15) is 0 Å². The van der Waals surface area contributed by atoms with E-state index in [9.17, 15) is 13.0 Å². The zero-order valence-corrected chi connectivity index (χ0v) is 18.1. The number of hydrogen-bond donors (Lipinski definition) is 1. The van der Waals surface area contributed by atoms with Gasteiger partial charge in [-0.15, -0.1) is 0 Å². The second-order valence-electron chi connectivity index (χ2n) is 6.72. The van der Waals surface area contributed by atoms with Crippen LogP contribution in [-0.4, -0.2) is 36.0 Å². The van der Waals surface area contributed by atoms with Gasteiger partial charge < -0.3 is 2.85 Å². The van der Waals surface area contributed by atoms with Gasteiger partial charge in [-0.25, -0.2) is 0 Å². The van der Waals surface area contributed by atoms with Crippen LogP contribution in [0.5, 0.6) is 0 Å². The molecular weight excluding hydrogens is 345 g/mol. The normalized spacial score (nSPS) is 11.3. The molecule has 1 aromatic rings. The molecule has 0 aliphatic carbocycles. The standard InChI is InChI=1S/C20H34O3S.Mg.2H/c1-2-3-4-5-6-7-8-9-10-11-12-13-16-19-17-14-15-18-20(19)24(21,22)23;;;/h14-15,17-18H,2-13,16H2,1H3,(H,21,22,23);;;/q;+2;2*-1. The third kappa shape index (κ3) is 12.0. The van der Waals surface area contributed by atoms with Gasteiger partial charge in [0.25, 0.3) is 10.1 Å². The Balaban J connectivity index is -0.00000192. The van der Waals surface area contributed by atoms with Crippen molar-refractivity contribution in [2.75, 3.05) is 0 Å². The minimum absolute atomic E-state index is 0. The van der Waals surface area contributed by atoms with E-state index in [1.54, 1.807) is 12.1 Å². The molecule has 1 N–H and O–H groups in total. The molecule has 0 unspecified atom stereocenters. The molecule has 0 amide bonds. The fourth-order valence-corrected chi connectivity index (χ4v) is 3.87. The molecule has 1 aromatic carbocycles. The first-order valence-electron chi connectivity index (χ1n) is 9.61. The summed E-state index contributed by atoms with van der Waals surface area (Å²) in [5.74, 6) is 0. The number of aryl methyl sites for hydroxylation is 1. The van der Waals surface area contributed by atoms with E-state index in [-0.39, 0.29) is 30.8 Å². The molecule has 142 valence electrons. The molecule has 0 atom stereocenters. The fraction of sp³-hybridized carbons (Fsp3) is 0.700. The van der Waals surface area contributed by atoms with Crippen LogP contribution in [0.15, 0.2) is 29.2 Å². The van der Waals surface area contributed by atoms with Crippen molar-refractivity contribution in [3.05, 3.63) is 29.8 Å². The Bertz CT molecular complexity index is 554. The SMILES string of the molecule is CCCCCCCCCCCCCCc1ccccc1S(=O)(=O)O.[H-].[H-].[Mg+2]. The van der Waals surface area contributed by atoms with Gasteiger partial charge in [0.05, 0.1) is 4.90 Å². The zero-order valence-electron chi connectivity index (χ0n) is 17.9. The van der Waals surface area contributed by atoms with Crippen LogP contribution in [0.4, 0.5) is 0 Å². The molecule has 0 aromatic heterocycles. The molecule has 5 heteroatoms. The maximum Gasteiger partial charge on any atom is 2.00 e. The van der Waals surface area contributed by atoms with Gasteiger partial charge >= 0.3 is 23.1 Å². The number of hydrogen-bond acceptors (Lipinski definition) is 2. The summed E-state index contributed by atoms with van der Waals surface area (Å²) in [6.45, 7) is 2.25. The molecule has 0 radical (unpaired) electrons. The minimum Gasteiger partial charge on any atom is -1.00 e. The van der Waals surface area contributed by atoms with Crippen LogP contribution in [0, 0.1) is 0 Å². The Labute approximate surface area is 173 Å². The van der Waals surface area contributed by atoms with Crippen molar-refractivity contribution >= 4 is 33.2 Å². The quantitative estimate of drug-likeness (QED) is 0.244. The van der Waals surface area contributed by atoms with E-state index < -0.39 is 10.1 Å². The molecule has 0 spiro atoms. The zero-order chi connectivity index (χ0) is 17.7. The summed E-state index contributed by atoms with van der Waals surface area (Å²) in [5.41, 5.74) is 0.729. The van der Waals surface area contributed by atoms with E-state index in [1.807, 2.05) is 6.07 Å². The Morgan fingerprint density at radius 3 is 1.72 bits per heavy atom. The van der Waals surface area contributed by atoms with Crippen molar-refractivity contribution in [1.82, 2.24) is 0 Å². The van der Waals surface area contributed by atoms with E-state index in [0.717, 1.165) is 18.4 Å². The van der Waals surface area contributed by atoms with E-state index in [2.05, 4.69) is 6.92 Å². The molecule has 1 rings (SSSR count). The summed E-state index contributed by atoms with van der Waals surface area (Å²) < 4.78 is 31.9. The summed E-state index contributed by atoms with van der Waals surface area (Å²) in [4.78, 5) is 0.0630. The maximum atomic E-state index is 11.3. The molecule has 0 heterocycles. The summed E-state index contributed by atoms with van der Waals surface area (Å²) in [6, 6.07) is 6.74. The third-order valence-corrected chi connectivity index (χ3v) is 5.50. The summed E-state index contributed by atoms with van der Waals surface area (Å²) in [5, 5.41) is 0. The maximum absolute atomic E-state index is 11.3. The van der Waals surface area contributed by atoms with E-state index in [4.69, 9.17) is 0 Å². The molecule has 0 fully saturated rings. The number of benzene rings is 1. The largest absolute Gasteiger partial charge is 2.00 e. The Kier molecular flexibility index (Phi) is 14.9. The monoisotopic (exact) mass is 380 g/mol. The van der Waals surface area contributed by atoms with Crippen LogP contribution in [0.2, 0.25) is 0 Å². The van der Waals surface area contributed by atoms with Gasteiger partial charge in [-0.1, -0.05) is 95.8 Å². The van der Waals surface area contributed by atoms with Crippen molar-refractivity contribution in [3.8, 4) is 0 Å². The van der Waals surface area contributed by atoms with Crippen LogP contribution in [-0.2, 0) is 16.5 Å². The second kappa shape index (κ2) is 15.0. The van der Waals surface area contributed by atoms with Gasteiger partial charge in [0, 0.05) is 0 Å². The van der Waals surface area contributed by atoms with Gasteiger partial charge in [-0.2, -0.15) is 8.42 Å². The topological polar surface area (TPSA) is 54.4 Å². The summed E-state index contributed by atoms with van der Waals surface area (Å²) in [6.07, 6.45) is 16.2. The fourth-order valence-electron chi connectivity index (χ4n) is 3.12. The molecule has 0 bridgehead atoms. The van der Waals surface area contributed by atoms with Crippen molar-refractivity contribution in [2.45, 2.75) is 95.3 Å².